The number of halogens is 1. The fraction of sp³-hybridized carbons (Fsp3) is 0.467. The summed E-state index contributed by atoms with van der Waals surface area (Å²) in [5.41, 5.74) is 0.671. The average molecular weight is 342 g/mol. The minimum Gasteiger partial charge on any atom is -0.444 e. The zero-order chi connectivity index (χ0) is 17.0. The largest absolute Gasteiger partial charge is 0.444 e. The maximum absolute atomic E-state index is 11.8. The van der Waals surface area contributed by atoms with Crippen molar-refractivity contribution in [3.63, 3.8) is 0 Å². The number of nitrogens with one attached hydrogen (secondary N) is 2. The van der Waals surface area contributed by atoms with E-state index in [1.54, 1.807) is 39.0 Å². The van der Waals surface area contributed by atoms with Gasteiger partial charge in [-0.15, -0.1) is 11.6 Å². The van der Waals surface area contributed by atoms with E-state index >= 15 is 0 Å². The normalized spacial score (nSPS) is 12.9. The zero-order valence-electron chi connectivity index (χ0n) is 13.2. The van der Waals surface area contributed by atoms with Crippen molar-refractivity contribution in [1.29, 1.82) is 0 Å². The highest BCUT2D eigenvalue weighted by molar-refractivity contribution is 6.18. The third-order valence-electron chi connectivity index (χ3n) is 2.81. The van der Waals surface area contributed by atoms with Crippen LogP contribution in [0.5, 0.6) is 0 Å². The van der Waals surface area contributed by atoms with Crippen LogP contribution in [0.25, 0.3) is 11.0 Å². The van der Waals surface area contributed by atoms with Gasteiger partial charge in [-0.2, -0.15) is 0 Å². The standard InChI is InChI=1S/C15H20ClN3O4/c1-15(2,3)22-14(21)18-13-11-6-9(17-8-10(20)7-16)4-5-12(11)23-19-13/h4-6,10,17,20H,7-8H2,1-3H3,(H,18,19,21). The lowest BCUT2D eigenvalue weighted by Gasteiger charge is -2.19. The number of aliphatic hydroxyl groups excluding tert-OH is 1. The Labute approximate surface area is 138 Å². The Balaban J connectivity index is 2.13. The number of carbonyl (C=O) groups is 1. The van der Waals surface area contributed by atoms with E-state index in [2.05, 4.69) is 15.8 Å². The summed E-state index contributed by atoms with van der Waals surface area (Å²) in [5.74, 6) is 0.421. The smallest absolute Gasteiger partial charge is 0.413 e. The van der Waals surface area contributed by atoms with E-state index in [4.69, 9.17) is 20.9 Å². The van der Waals surface area contributed by atoms with Crippen molar-refractivity contribution in [2.75, 3.05) is 23.1 Å². The minimum absolute atomic E-state index is 0.147. The van der Waals surface area contributed by atoms with Crippen LogP contribution in [0.2, 0.25) is 0 Å². The van der Waals surface area contributed by atoms with Gasteiger partial charge in [-0.25, -0.2) is 4.79 Å². The fourth-order valence-corrected chi connectivity index (χ4v) is 1.94. The number of anilines is 2. The lowest BCUT2D eigenvalue weighted by molar-refractivity contribution is 0.0635. The molecule has 1 aromatic heterocycles. The number of aliphatic hydroxyl groups is 1. The summed E-state index contributed by atoms with van der Waals surface area (Å²) in [4.78, 5) is 11.8. The van der Waals surface area contributed by atoms with Gasteiger partial charge in [0.2, 0.25) is 0 Å². The predicted octanol–water partition coefficient (Wildman–Crippen LogP) is 3.19. The van der Waals surface area contributed by atoms with Gasteiger partial charge in [-0.3, -0.25) is 5.32 Å². The molecule has 1 aromatic carbocycles. The molecule has 0 bridgehead atoms. The van der Waals surface area contributed by atoms with Crippen molar-refractivity contribution < 1.29 is 19.2 Å². The first-order valence-corrected chi connectivity index (χ1v) is 7.69. The summed E-state index contributed by atoms with van der Waals surface area (Å²) in [6, 6.07) is 5.27. The van der Waals surface area contributed by atoms with E-state index in [-0.39, 0.29) is 11.7 Å². The Kier molecular flexibility index (Phi) is 5.33. The van der Waals surface area contributed by atoms with Crippen LogP contribution in [-0.2, 0) is 4.74 Å². The number of nitrogens with zero attached hydrogens (tertiary/aromatic N) is 1. The van der Waals surface area contributed by atoms with Crippen LogP contribution in [0.4, 0.5) is 16.3 Å². The molecule has 1 heterocycles. The summed E-state index contributed by atoms with van der Waals surface area (Å²) in [6.07, 6.45) is -1.25. The van der Waals surface area contributed by atoms with Crippen molar-refractivity contribution in [3.05, 3.63) is 18.2 Å². The topological polar surface area (TPSA) is 96.6 Å². The van der Waals surface area contributed by atoms with Crippen molar-refractivity contribution in [2.45, 2.75) is 32.5 Å². The van der Waals surface area contributed by atoms with E-state index in [1.807, 2.05) is 0 Å². The zero-order valence-corrected chi connectivity index (χ0v) is 14.0. The summed E-state index contributed by atoms with van der Waals surface area (Å²) in [7, 11) is 0. The lowest BCUT2D eigenvalue weighted by atomic mass is 10.2. The molecule has 1 amide bonds. The third-order valence-corrected chi connectivity index (χ3v) is 3.17. The molecular weight excluding hydrogens is 322 g/mol. The molecule has 0 aliphatic carbocycles. The minimum atomic E-state index is -0.644. The summed E-state index contributed by atoms with van der Waals surface area (Å²) in [5, 5.41) is 19.5. The monoisotopic (exact) mass is 341 g/mol. The summed E-state index contributed by atoms with van der Waals surface area (Å²) >= 11 is 5.55. The fourth-order valence-electron chi connectivity index (χ4n) is 1.83. The predicted molar refractivity (Wildman–Crippen MR) is 89.1 cm³/mol. The van der Waals surface area contributed by atoms with Gasteiger partial charge in [0, 0.05) is 12.2 Å². The first-order valence-electron chi connectivity index (χ1n) is 7.16. The molecule has 0 aliphatic heterocycles. The maximum Gasteiger partial charge on any atom is 0.413 e. The van der Waals surface area contributed by atoms with Gasteiger partial charge < -0.3 is 19.7 Å². The number of alkyl halides is 1. The van der Waals surface area contributed by atoms with Gasteiger partial charge in [0.25, 0.3) is 0 Å². The van der Waals surface area contributed by atoms with E-state index in [9.17, 15) is 9.90 Å². The first-order chi connectivity index (χ1) is 10.8. The van der Waals surface area contributed by atoms with Crippen LogP contribution in [0, 0.1) is 0 Å². The van der Waals surface area contributed by atoms with Gasteiger partial charge in [0.05, 0.1) is 17.4 Å². The van der Waals surface area contributed by atoms with Crippen molar-refractivity contribution in [3.8, 4) is 0 Å². The van der Waals surface area contributed by atoms with E-state index < -0.39 is 17.8 Å². The number of benzene rings is 1. The molecule has 7 nitrogen and oxygen atoms in total. The van der Waals surface area contributed by atoms with Gasteiger partial charge >= 0.3 is 6.09 Å². The molecule has 1 unspecified atom stereocenters. The molecule has 23 heavy (non-hydrogen) atoms. The number of rotatable bonds is 5. The molecule has 0 saturated carbocycles. The maximum atomic E-state index is 11.8. The van der Waals surface area contributed by atoms with E-state index in [0.29, 0.717) is 17.5 Å². The molecule has 0 aliphatic rings. The molecule has 1 atom stereocenters. The van der Waals surface area contributed by atoms with Crippen molar-refractivity contribution in [1.82, 2.24) is 5.16 Å². The Hall–Kier alpha value is -1.99. The van der Waals surface area contributed by atoms with Crippen LogP contribution >= 0.6 is 11.6 Å². The second-order valence-electron chi connectivity index (χ2n) is 6.06. The molecule has 126 valence electrons. The van der Waals surface area contributed by atoms with Gasteiger partial charge in [-0.05, 0) is 39.0 Å². The van der Waals surface area contributed by atoms with Crippen LogP contribution in [0.3, 0.4) is 0 Å². The third kappa shape index (κ3) is 5.01. The average Bonchev–Trinajstić information content (AvgIpc) is 2.85. The molecule has 0 spiro atoms. The molecule has 0 saturated heterocycles. The molecule has 3 N–H and O–H groups in total. The number of hydrogen-bond acceptors (Lipinski definition) is 6. The number of carbonyl (C=O) groups excluding carboxylic acids is 1. The van der Waals surface area contributed by atoms with Crippen LogP contribution in [0.1, 0.15) is 20.8 Å². The van der Waals surface area contributed by atoms with Crippen LogP contribution in [0.15, 0.2) is 22.7 Å². The SMILES string of the molecule is CC(C)(C)OC(=O)Nc1noc2ccc(NCC(O)CCl)cc12. The highest BCUT2D eigenvalue weighted by Crippen LogP contribution is 2.26. The quantitative estimate of drug-likeness (QED) is 0.723. The Morgan fingerprint density at radius 1 is 1.48 bits per heavy atom. The molecule has 0 radical (unpaired) electrons. The molecule has 0 fully saturated rings. The Morgan fingerprint density at radius 2 is 2.22 bits per heavy atom. The highest BCUT2D eigenvalue weighted by atomic mass is 35.5. The van der Waals surface area contributed by atoms with Gasteiger partial charge in [-0.1, -0.05) is 5.16 Å². The molecular formula is C15H20ClN3O4. The summed E-state index contributed by atoms with van der Waals surface area (Å²) < 4.78 is 10.4. The van der Waals surface area contributed by atoms with E-state index in [1.165, 1.54) is 0 Å². The number of amides is 1. The second-order valence-corrected chi connectivity index (χ2v) is 6.37. The van der Waals surface area contributed by atoms with Gasteiger partial charge in [0.1, 0.15) is 5.60 Å². The number of fused-ring (bicyclic) bond motifs is 1. The second kappa shape index (κ2) is 7.06. The molecule has 2 rings (SSSR count). The first kappa shape index (κ1) is 17.4. The summed E-state index contributed by atoms with van der Waals surface area (Å²) in [6.45, 7) is 5.64. The Morgan fingerprint density at radius 3 is 2.87 bits per heavy atom. The Bertz CT molecular complexity index is 681. The molecule has 2 aromatic rings. The van der Waals surface area contributed by atoms with Crippen molar-refractivity contribution in [2.24, 2.45) is 0 Å². The number of ether oxygens (including phenoxy) is 1. The number of hydrogen-bond donors (Lipinski definition) is 3. The number of aromatic nitrogens is 1. The van der Waals surface area contributed by atoms with Crippen LogP contribution < -0.4 is 10.6 Å². The lowest BCUT2D eigenvalue weighted by Crippen LogP contribution is -2.27. The van der Waals surface area contributed by atoms with Gasteiger partial charge in [0.15, 0.2) is 11.4 Å². The highest BCUT2D eigenvalue weighted by Gasteiger charge is 2.19. The van der Waals surface area contributed by atoms with Crippen LogP contribution in [-0.4, -0.2) is 40.5 Å². The van der Waals surface area contributed by atoms with Crippen molar-refractivity contribution >= 4 is 40.2 Å². The molecule has 8 heteroatoms. The van der Waals surface area contributed by atoms with E-state index in [0.717, 1.165) is 5.69 Å².